The third-order valence-corrected chi connectivity index (χ3v) is 6.11. The van der Waals surface area contributed by atoms with Gasteiger partial charge < -0.3 is 9.84 Å². The van der Waals surface area contributed by atoms with Gasteiger partial charge in [0.1, 0.15) is 11.3 Å². The van der Waals surface area contributed by atoms with E-state index in [4.69, 9.17) is 45.3 Å². The summed E-state index contributed by atoms with van der Waals surface area (Å²) < 4.78 is 5.82. The molecule has 3 rings (SSSR count). The van der Waals surface area contributed by atoms with Gasteiger partial charge in [0.05, 0.1) is 20.2 Å². The minimum atomic E-state index is -1.13. The fraction of sp³-hybridized carbons (Fsp3) is 0.0909. The molecule has 11 heteroatoms. The number of carbonyl (C=O) groups excluding carboxylic acids is 2. The maximum Gasteiger partial charge on any atom is 0.341 e. The van der Waals surface area contributed by atoms with Gasteiger partial charge in [-0.1, -0.05) is 35.3 Å². The minimum Gasteiger partial charge on any atom is -0.480 e. The van der Waals surface area contributed by atoms with Gasteiger partial charge in [-0.3, -0.25) is 19.8 Å². The van der Waals surface area contributed by atoms with Crippen molar-refractivity contribution in [3.05, 3.63) is 74.2 Å². The second-order valence-corrected chi connectivity index (χ2v) is 8.72. The van der Waals surface area contributed by atoms with Crippen molar-refractivity contribution < 1.29 is 24.2 Å². The largest absolute Gasteiger partial charge is 0.480 e. The van der Waals surface area contributed by atoms with Crippen molar-refractivity contribution in [2.75, 3.05) is 11.5 Å². The third kappa shape index (κ3) is 5.44. The fourth-order valence-electron chi connectivity index (χ4n) is 3.07. The number of carboxylic acid groups (broad SMARTS) is 1. The highest BCUT2D eigenvalue weighted by Gasteiger charge is 2.35. The van der Waals surface area contributed by atoms with Crippen molar-refractivity contribution in [3.63, 3.8) is 0 Å². The number of nitrogens with one attached hydrogen (secondary N) is 1. The minimum absolute atomic E-state index is 0.112. The summed E-state index contributed by atoms with van der Waals surface area (Å²) in [6, 6.07) is 7.99. The summed E-state index contributed by atoms with van der Waals surface area (Å²) in [7, 11) is 0. The number of anilines is 1. The lowest BCUT2D eigenvalue weighted by atomic mass is 10.0. The highest BCUT2D eigenvalue weighted by atomic mass is 79.9. The van der Waals surface area contributed by atoms with Crippen molar-refractivity contribution in [3.8, 4) is 5.75 Å². The summed E-state index contributed by atoms with van der Waals surface area (Å²) in [6.07, 6.45) is 3.37. The molecule has 0 saturated carbocycles. The molecule has 2 amide bonds. The number of carbonyl (C=O) groups is 3. The Morgan fingerprint density at radius 2 is 2.03 bits per heavy atom. The van der Waals surface area contributed by atoms with Crippen molar-refractivity contribution in [2.45, 2.75) is 6.42 Å². The van der Waals surface area contributed by atoms with E-state index in [0.29, 0.717) is 27.8 Å². The number of carboxylic acids is 1. The first-order valence-corrected chi connectivity index (χ1v) is 11.2. The third-order valence-electron chi connectivity index (χ3n) is 4.43. The van der Waals surface area contributed by atoms with Crippen LogP contribution in [0.15, 0.2) is 53.0 Å². The van der Waals surface area contributed by atoms with E-state index in [1.807, 2.05) is 0 Å². The van der Waals surface area contributed by atoms with E-state index in [9.17, 15) is 14.4 Å². The molecule has 170 valence electrons. The van der Waals surface area contributed by atoms with Crippen LogP contribution in [0.3, 0.4) is 0 Å². The summed E-state index contributed by atoms with van der Waals surface area (Å²) in [5.41, 5.74) is 1.15. The van der Waals surface area contributed by atoms with Crippen LogP contribution < -0.4 is 15.0 Å². The van der Waals surface area contributed by atoms with Crippen molar-refractivity contribution in [1.29, 1.82) is 0 Å². The van der Waals surface area contributed by atoms with Crippen LogP contribution in [-0.2, 0) is 20.8 Å². The SMILES string of the molecule is C=CCc1cc(/C=C2\C(=O)NC(=S)N(c3cccc(Cl)c3Cl)C2=O)cc(Br)c1OCC(=O)O. The molecule has 33 heavy (non-hydrogen) atoms. The Bertz CT molecular complexity index is 1230. The number of thiocarbonyl (C=S) groups is 1. The van der Waals surface area contributed by atoms with Gasteiger partial charge >= 0.3 is 5.97 Å². The van der Waals surface area contributed by atoms with Crippen LogP contribution in [0.1, 0.15) is 11.1 Å². The molecule has 1 saturated heterocycles. The van der Waals surface area contributed by atoms with E-state index in [1.54, 1.807) is 36.4 Å². The van der Waals surface area contributed by atoms with E-state index in [1.165, 1.54) is 6.08 Å². The first-order valence-electron chi connectivity index (χ1n) is 9.27. The smallest absolute Gasteiger partial charge is 0.341 e. The molecule has 1 heterocycles. The zero-order chi connectivity index (χ0) is 24.3. The Morgan fingerprint density at radius 3 is 2.70 bits per heavy atom. The van der Waals surface area contributed by atoms with Crippen LogP contribution in [0.5, 0.6) is 5.75 Å². The number of ether oxygens (including phenoxy) is 1. The molecular weight excluding hydrogens is 555 g/mol. The number of hydrogen-bond acceptors (Lipinski definition) is 5. The highest BCUT2D eigenvalue weighted by molar-refractivity contribution is 9.10. The lowest BCUT2D eigenvalue weighted by Crippen LogP contribution is -2.54. The maximum atomic E-state index is 13.2. The van der Waals surface area contributed by atoms with Crippen molar-refractivity contribution in [2.24, 2.45) is 0 Å². The lowest BCUT2D eigenvalue weighted by molar-refractivity contribution is -0.139. The number of aliphatic carboxylic acids is 1. The first-order chi connectivity index (χ1) is 15.6. The Labute approximate surface area is 212 Å². The van der Waals surface area contributed by atoms with Gasteiger partial charge in [0.25, 0.3) is 11.8 Å². The molecule has 0 aromatic heterocycles. The second-order valence-electron chi connectivity index (χ2n) is 6.70. The number of rotatable bonds is 7. The molecule has 7 nitrogen and oxygen atoms in total. The van der Waals surface area contributed by atoms with E-state index in [0.717, 1.165) is 4.90 Å². The molecule has 2 N–H and O–H groups in total. The standard InChI is InChI=1S/C22H15BrCl2N2O5S/c1-2-4-12-7-11(9-14(23)19(12)32-10-17(28)29)8-13-20(30)26-22(33)27(21(13)31)16-6-3-5-15(24)18(16)25/h2-3,5-9H,1,4,10H2,(H,28,29)(H,26,30,33)/b13-8+. The number of amides is 2. The molecule has 1 aliphatic rings. The molecule has 1 aliphatic heterocycles. The van der Waals surface area contributed by atoms with Gasteiger partial charge in [-0.05, 0) is 76.0 Å². The summed E-state index contributed by atoms with van der Waals surface area (Å²) in [4.78, 5) is 37.8. The zero-order valence-electron chi connectivity index (χ0n) is 16.7. The van der Waals surface area contributed by atoms with Crippen LogP contribution in [-0.4, -0.2) is 34.6 Å². The van der Waals surface area contributed by atoms with Crippen LogP contribution in [0.25, 0.3) is 6.08 Å². The highest BCUT2D eigenvalue weighted by Crippen LogP contribution is 2.35. The lowest BCUT2D eigenvalue weighted by Gasteiger charge is -2.29. The topological polar surface area (TPSA) is 95.9 Å². The molecule has 0 unspecified atom stereocenters. The van der Waals surface area contributed by atoms with Crippen LogP contribution >= 0.6 is 51.3 Å². The monoisotopic (exact) mass is 568 g/mol. The maximum absolute atomic E-state index is 13.2. The Hall–Kier alpha value is -2.72. The molecule has 0 spiro atoms. The van der Waals surface area contributed by atoms with Gasteiger partial charge in [0.2, 0.25) is 0 Å². The van der Waals surface area contributed by atoms with Gasteiger partial charge in [-0.25, -0.2) is 4.79 Å². The van der Waals surface area contributed by atoms with E-state index in [2.05, 4.69) is 27.8 Å². The molecule has 0 radical (unpaired) electrons. The van der Waals surface area contributed by atoms with Gasteiger partial charge in [0.15, 0.2) is 11.7 Å². The molecule has 0 aliphatic carbocycles. The fourth-order valence-corrected chi connectivity index (χ4v) is 4.36. The van der Waals surface area contributed by atoms with E-state index in [-0.39, 0.29) is 26.4 Å². The summed E-state index contributed by atoms with van der Waals surface area (Å²) >= 11 is 20.9. The zero-order valence-corrected chi connectivity index (χ0v) is 20.6. The van der Waals surface area contributed by atoms with Crippen LogP contribution in [0.2, 0.25) is 10.0 Å². The number of hydrogen-bond donors (Lipinski definition) is 2. The van der Waals surface area contributed by atoms with Gasteiger partial charge in [0, 0.05) is 0 Å². The molecule has 0 atom stereocenters. The van der Waals surface area contributed by atoms with Gasteiger partial charge in [-0.2, -0.15) is 0 Å². The normalized spacial score (nSPS) is 14.9. The van der Waals surface area contributed by atoms with Crippen molar-refractivity contribution >= 4 is 86.0 Å². The Morgan fingerprint density at radius 1 is 1.30 bits per heavy atom. The number of allylic oxidation sites excluding steroid dienone is 1. The number of benzene rings is 2. The van der Waals surface area contributed by atoms with E-state index >= 15 is 0 Å². The number of halogens is 3. The first kappa shape index (κ1) is 24.9. The molecular formula is C22H15BrCl2N2O5S. The van der Waals surface area contributed by atoms with Crippen LogP contribution in [0, 0.1) is 0 Å². The predicted octanol–water partition coefficient (Wildman–Crippen LogP) is 4.78. The summed E-state index contributed by atoms with van der Waals surface area (Å²) in [5, 5.41) is 11.6. The summed E-state index contributed by atoms with van der Waals surface area (Å²) in [5.74, 6) is -2.15. The Balaban J connectivity index is 2.05. The average Bonchev–Trinajstić information content (AvgIpc) is 2.73. The van der Waals surface area contributed by atoms with Gasteiger partial charge in [-0.15, -0.1) is 6.58 Å². The second kappa shape index (κ2) is 10.5. The van der Waals surface area contributed by atoms with E-state index < -0.39 is 24.4 Å². The molecule has 2 aromatic rings. The predicted molar refractivity (Wildman–Crippen MR) is 134 cm³/mol. The average molecular weight is 570 g/mol. The summed E-state index contributed by atoms with van der Waals surface area (Å²) in [6.45, 7) is 3.16. The Kier molecular flexibility index (Phi) is 7.91. The van der Waals surface area contributed by atoms with Crippen LogP contribution in [0.4, 0.5) is 5.69 Å². The molecule has 0 bridgehead atoms. The van der Waals surface area contributed by atoms with Crippen molar-refractivity contribution in [1.82, 2.24) is 5.32 Å². The molecule has 2 aromatic carbocycles. The quantitative estimate of drug-likeness (QED) is 0.216. The molecule has 1 fully saturated rings. The number of nitrogens with zero attached hydrogens (tertiary/aromatic N) is 1.